The van der Waals surface area contributed by atoms with E-state index >= 15 is 0 Å². The van der Waals surface area contributed by atoms with Crippen LogP contribution in [0.25, 0.3) is 0 Å². The second-order valence-corrected chi connectivity index (χ2v) is 6.04. The lowest BCUT2D eigenvalue weighted by Crippen LogP contribution is -2.55. The Morgan fingerprint density at radius 2 is 2.00 bits per heavy atom. The maximum Gasteiger partial charge on any atom is 0.305 e. The van der Waals surface area contributed by atoms with E-state index in [1.165, 1.54) is 13.5 Å². The van der Waals surface area contributed by atoms with Gasteiger partial charge in [0.05, 0.1) is 7.11 Å². The molecule has 2 saturated heterocycles. The van der Waals surface area contributed by atoms with Crippen LogP contribution >= 0.6 is 0 Å². The Hall–Kier alpha value is -1.10. The SMILES string of the molecule is COC(=O)CCCC(=O)N1CCCC2CN(C)CCC21. The standard InChI is InChI=1S/C15H26N2O3/c1-16-10-8-13-12(11-16)5-4-9-17(13)14(18)6-3-7-15(19)20-2/h12-13H,3-11H2,1-2H3. The molecule has 2 rings (SSSR count). The van der Waals surface area contributed by atoms with E-state index in [-0.39, 0.29) is 11.9 Å². The van der Waals surface area contributed by atoms with Gasteiger partial charge in [0.1, 0.15) is 0 Å². The molecule has 2 aliphatic heterocycles. The van der Waals surface area contributed by atoms with Crippen LogP contribution in [0.2, 0.25) is 0 Å². The maximum atomic E-state index is 12.4. The summed E-state index contributed by atoms with van der Waals surface area (Å²) < 4.78 is 4.61. The molecule has 2 heterocycles. The van der Waals surface area contributed by atoms with Gasteiger partial charge in [-0.05, 0) is 45.2 Å². The van der Waals surface area contributed by atoms with E-state index in [0.29, 0.717) is 31.2 Å². The maximum absolute atomic E-state index is 12.4. The molecule has 5 heteroatoms. The van der Waals surface area contributed by atoms with E-state index in [9.17, 15) is 9.59 Å². The van der Waals surface area contributed by atoms with Crippen molar-refractivity contribution < 1.29 is 14.3 Å². The average molecular weight is 282 g/mol. The molecule has 0 aromatic rings. The first-order valence-corrected chi connectivity index (χ1v) is 7.66. The fourth-order valence-corrected chi connectivity index (χ4v) is 3.52. The molecule has 2 fully saturated rings. The fraction of sp³-hybridized carbons (Fsp3) is 0.867. The van der Waals surface area contributed by atoms with Crippen LogP contribution in [-0.4, -0.2) is 61.5 Å². The molecule has 114 valence electrons. The van der Waals surface area contributed by atoms with E-state index in [0.717, 1.165) is 32.5 Å². The molecule has 5 nitrogen and oxygen atoms in total. The van der Waals surface area contributed by atoms with Crippen molar-refractivity contribution >= 4 is 11.9 Å². The lowest BCUT2D eigenvalue weighted by atomic mass is 9.84. The Balaban J connectivity index is 1.84. The number of piperidine rings is 2. The van der Waals surface area contributed by atoms with Gasteiger partial charge in [-0.25, -0.2) is 0 Å². The summed E-state index contributed by atoms with van der Waals surface area (Å²) in [7, 11) is 3.55. The largest absolute Gasteiger partial charge is 0.469 e. The summed E-state index contributed by atoms with van der Waals surface area (Å²) in [5, 5.41) is 0. The fourth-order valence-electron chi connectivity index (χ4n) is 3.52. The number of rotatable bonds is 4. The zero-order chi connectivity index (χ0) is 14.5. The molecule has 2 aliphatic rings. The number of carbonyl (C=O) groups is 2. The molecule has 20 heavy (non-hydrogen) atoms. The van der Waals surface area contributed by atoms with E-state index < -0.39 is 0 Å². The topological polar surface area (TPSA) is 49.9 Å². The normalized spacial score (nSPS) is 27.0. The molecule has 1 amide bonds. The van der Waals surface area contributed by atoms with Crippen molar-refractivity contribution in [3.8, 4) is 0 Å². The van der Waals surface area contributed by atoms with Gasteiger partial charge in [-0.1, -0.05) is 0 Å². The second kappa shape index (κ2) is 7.07. The summed E-state index contributed by atoms with van der Waals surface area (Å²) in [6.45, 7) is 3.08. The van der Waals surface area contributed by atoms with Gasteiger partial charge in [-0.15, -0.1) is 0 Å². The van der Waals surface area contributed by atoms with Gasteiger partial charge in [0, 0.05) is 32.0 Å². The zero-order valence-electron chi connectivity index (χ0n) is 12.6. The van der Waals surface area contributed by atoms with Gasteiger partial charge in [-0.3, -0.25) is 9.59 Å². The third kappa shape index (κ3) is 3.72. The Labute approximate surface area is 121 Å². The summed E-state index contributed by atoms with van der Waals surface area (Å²) in [4.78, 5) is 27.9. The first-order chi connectivity index (χ1) is 9.61. The smallest absolute Gasteiger partial charge is 0.305 e. The number of amides is 1. The zero-order valence-corrected chi connectivity index (χ0v) is 12.6. The lowest BCUT2D eigenvalue weighted by Gasteiger charge is -2.46. The summed E-state index contributed by atoms with van der Waals surface area (Å²) in [5.74, 6) is 0.619. The summed E-state index contributed by atoms with van der Waals surface area (Å²) in [5.41, 5.74) is 0. The van der Waals surface area contributed by atoms with Gasteiger partial charge < -0.3 is 14.5 Å². The molecule has 0 aromatic heterocycles. The van der Waals surface area contributed by atoms with Gasteiger partial charge in [0.25, 0.3) is 0 Å². The molecule has 0 N–H and O–H groups in total. The van der Waals surface area contributed by atoms with E-state index in [1.54, 1.807) is 0 Å². The third-order valence-electron chi connectivity index (χ3n) is 4.59. The van der Waals surface area contributed by atoms with Crippen molar-refractivity contribution in [2.24, 2.45) is 5.92 Å². The van der Waals surface area contributed by atoms with E-state index in [2.05, 4.69) is 21.6 Å². The number of carbonyl (C=O) groups excluding carboxylic acids is 2. The van der Waals surface area contributed by atoms with Crippen LogP contribution in [0.3, 0.4) is 0 Å². The molecule has 0 spiro atoms. The minimum atomic E-state index is -0.228. The second-order valence-electron chi connectivity index (χ2n) is 6.04. The highest BCUT2D eigenvalue weighted by atomic mass is 16.5. The molecule has 2 unspecified atom stereocenters. The molecular formula is C15H26N2O3. The van der Waals surface area contributed by atoms with Crippen molar-refractivity contribution in [3.63, 3.8) is 0 Å². The quantitative estimate of drug-likeness (QED) is 0.729. The van der Waals surface area contributed by atoms with Gasteiger partial charge in [0.15, 0.2) is 0 Å². The van der Waals surface area contributed by atoms with Crippen molar-refractivity contribution in [3.05, 3.63) is 0 Å². The molecule has 2 atom stereocenters. The molecule has 0 aliphatic carbocycles. The van der Waals surface area contributed by atoms with E-state index in [1.807, 2.05) is 0 Å². The Morgan fingerprint density at radius 3 is 2.75 bits per heavy atom. The monoisotopic (exact) mass is 282 g/mol. The van der Waals surface area contributed by atoms with Crippen LogP contribution in [-0.2, 0) is 14.3 Å². The Morgan fingerprint density at radius 1 is 1.20 bits per heavy atom. The van der Waals surface area contributed by atoms with E-state index in [4.69, 9.17) is 0 Å². The third-order valence-corrected chi connectivity index (χ3v) is 4.59. The number of ether oxygens (including phenoxy) is 1. The summed E-state index contributed by atoms with van der Waals surface area (Å²) in [6, 6.07) is 0.422. The minimum absolute atomic E-state index is 0.216. The van der Waals surface area contributed by atoms with Crippen molar-refractivity contribution in [2.45, 2.75) is 44.6 Å². The molecule has 0 aromatic carbocycles. The van der Waals surface area contributed by atoms with Crippen LogP contribution in [0.1, 0.15) is 38.5 Å². The molecule has 0 saturated carbocycles. The van der Waals surface area contributed by atoms with Crippen LogP contribution in [0.4, 0.5) is 0 Å². The predicted molar refractivity (Wildman–Crippen MR) is 76.2 cm³/mol. The average Bonchev–Trinajstić information content (AvgIpc) is 2.45. The molecule has 0 radical (unpaired) electrons. The van der Waals surface area contributed by atoms with Crippen LogP contribution < -0.4 is 0 Å². The van der Waals surface area contributed by atoms with Crippen LogP contribution in [0, 0.1) is 5.92 Å². The van der Waals surface area contributed by atoms with Gasteiger partial charge in [0.2, 0.25) is 5.91 Å². The number of esters is 1. The first kappa shape index (κ1) is 15.3. The number of methoxy groups -OCH3 is 1. The summed E-state index contributed by atoms with van der Waals surface area (Å²) >= 11 is 0. The number of fused-ring (bicyclic) bond motifs is 1. The lowest BCUT2D eigenvalue weighted by molar-refractivity contribution is -0.141. The Kier molecular flexibility index (Phi) is 5.40. The highest BCUT2D eigenvalue weighted by Crippen LogP contribution is 2.30. The van der Waals surface area contributed by atoms with Gasteiger partial charge in [-0.2, -0.15) is 0 Å². The highest BCUT2D eigenvalue weighted by Gasteiger charge is 2.36. The number of nitrogens with zero attached hydrogens (tertiary/aromatic N) is 2. The van der Waals surface area contributed by atoms with Crippen molar-refractivity contribution in [2.75, 3.05) is 33.8 Å². The minimum Gasteiger partial charge on any atom is -0.469 e. The number of hydrogen-bond acceptors (Lipinski definition) is 4. The molecular weight excluding hydrogens is 256 g/mol. The number of hydrogen-bond donors (Lipinski definition) is 0. The first-order valence-electron chi connectivity index (χ1n) is 7.66. The van der Waals surface area contributed by atoms with Crippen LogP contribution in [0.15, 0.2) is 0 Å². The summed E-state index contributed by atoms with van der Waals surface area (Å²) in [6.07, 6.45) is 4.84. The van der Waals surface area contributed by atoms with Crippen molar-refractivity contribution in [1.29, 1.82) is 0 Å². The Bertz CT molecular complexity index is 359. The predicted octanol–water partition coefficient (Wildman–Crippen LogP) is 1.27. The van der Waals surface area contributed by atoms with Gasteiger partial charge >= 0.3 is 5.97 Å². The number of likely N-dealkylation sites (tertiary alicyclic amines) is 2. The highest BCUT2D eigenvalue weighted by molar-refractivity contribution is 5.77. The molecule has 0 bridgehead atoms. The van der Waals surface area contributed by atoms with Crippen molar-refractivity contribution in [1.82, 2.24) is 9.80 Å². The van der Waals surface area contributed by atoms with Crippen LogP contribution in [0.5, 0.6) is 0 Å².